The van der Waals surface area contributed by atoms with Crippen molar-refractivity contribution in [2.24, 2.45) is 10.3 Å². The zero-order valence-corrected chi connectivity index (χ0v) is 9.56. The van der Waals surface area contributed by atoms with Crippen LogP contribution in [0.1, 0.15) is 46.5 Å². The van der Waals surface area contributed by atoms with Gasteiger partial charge < -0.3 is 0 Å². The van der Waals surface area contributed by atoms with Crippen molar-refractivity contribution in [1.82, 2.24) is 0 Å². The summed E-state index contributed by atoms with van der Waals surface area (Å²) >= 11 is 0. The molecule has 1 aliphatic carbocycles. The van der Waals surface area contributed by atoms with Gasteiger partial charge in [-0.15, -0.1) is 0 Å². The lowest BCUT2D eigenvalue weighted by Crippen LogP contribution is -2.20. The highest BCUT2D eigenvalue weighted by Gasteiger charge is 2.19. The van der Waals surface area contributed by atoms with Gasteiger partial charge >= 0.3 is 0 Å². The Bertz CT molecular complexity index is 213. The lowest BCUT2D eigenvalue weighted by atomic mass is 9.83. The molecule has 1 rings (SSSR count). The largest absolute Gasteiger partial charge is 0.234 e. The first-order valence-corrected chi connectivity index (χ1v) is 6.05. The summed E-state index contributed by atoms with van der Waals surface area (Å²) in [6.45, 7) is 5.84. The van der Waals surface area contributed by atoms with E-state index in [2.05, 4.69) is 4.40 Å². The predicted molar refractivity (Wildman–Crippen MR) is 58.3 cm³/mol. The molecular formula is C10H19NOS. The van der Waals surface area contributed by atoms with E-state index in [1.54, 1.807) is 0 Å². The Morgan fingerprint density at radius 1 is 1.46 bits per heavy atom. The molecule has 1 aliphatic rings. The van der Waals surface area contributed by atoms with Crippen LogP contribution in [-0.2, 0) is 11.0 Å². The summed E-state index contributed by atoms with van der Waals surface area (Å²) in [6.07, 6.45) is 6.89. The second-order valence-electron chi connectivity index (χ2n) is 4.68. The Morgan fingerprint density at radius 2 is 2.08 bits per heavy atom. The highest BCUT2D eigenvalue weighted by molar-refractivity contribution is 7.85. The van der Waals surface area contributed by atoms with Crippen LogP contribution in [0.4, 0.5) is 0 Å². The van der Waals surface area contributed by atoms with Crippen LogP contribution in [-0.4, -0.2) is 15.2 Å². The lowest BCUT2D eigenvalue weighted by molar-refractivity contribution is 0.329. The highest BCUT2D eigenvalue weighted by atomic mass is 32.2. The Labute approximate surface area is 83.4 Å². The fourth-order valence-electron chi connectivity index (χ4n) is 1.15. The van der Waals surface area contributed by atoms with E-state index in [1.165, 1.54) is 19.3 Å². The Kier molecular flexibility index (Phi) is 3.65. The topological polar surface area (TPSA) is 29.4 Å². The minimum atomic E-state index is -1.06. The zero-order chi connectivity index (χ0) is 9.90. The average molecular weight is 201 g/mol. The molecule has 1 atom stereocenters. The number of rotatable bonds is 3. The van der Waals surface area contributed by atoms with Crippen molar-refractivity contribution in [3.05, 3.63) is 0 Å². The number of nitrogens with zero attached hydrogens (tertiary/aromatic N) is 1. The molecule has 1 fully saturated rings. The molecule has 1 saturated carbocycles. The molecule has 0 radical (unpaired) electrons. The van der Waals surface area contributed by atoms with Crippen LogP contribution >= 0.6 is 0 Å². The van der Waals surface area contributed by atoms with Crippen LogP contribution in [0.5, 0.6) is 0 Å². The van der Waals surface area contributed by atoms with Crippen molar-refractivity contribution in [2.45, 2.75) is 51.2 Å². The van der Waals surface area contributed by atoms with E-state index in [4.69, 9.17) is 0 Å². The van der Waals surface area contributed by atoms with Gasteiger partial charge in [0.1, 0.15) is 11.0 Å². The van der Waals surface area contributed by atoms with Gasteiger partial charge in [0.2, 0.25) is 0 Å². The summed E-state index contributed by atoms with van der Waals surface area (Å²) in [5, 5.41) is 0. The molecule has 3 heteroatoms. The molecule has 0 aliphatic heterocycles. The monoisotopic (exact) mass is 201 g/mol. The molecule has 0 saturated heterocycles. The van der Waals surface area contributed by atoms with E-state index in [9.17, 15) is 4.21 Å². The van der Waals surface area contributed by atoms with Crippen LogP contribution in [0.25, 0.3) is 0 Å². The number of hydrogen-bond acceptors (Lipinski definition) is 1. The second kappa shape index (κ2) is 4.36. The van der Waals surface area contributed by atoms with Crippen molar-refractivity contribution in [2.75, 3.05) is 0 Å². The molecular weight excluding hydrogens is 182 g/mol. The van der Waals surface area contributed by atoms with Crippen molar-refractivity contribution in [3.63, 3.8) is 0 Å². The zero-order valence-electron chi connectivity index (χ0n) is 8.75. The van der Waals surface area contributed by atoms with Gasteiger partial charge in [0.15, 0.2) is 0 Å². The van der Waals surface area contributed by atoms with E-state index in [1.807, 2.05) is 27.0 Å². The molecule has 0 amide bonds. The molecule has 0 aromatic heterocycles. The SMILES string of the molecule is CC(C)(C)[S@](=O)N=CCC1CCC1. The molecule has 0 bridgehead atoms. The van der Waals surface area contributed by atoms with Crippen LogP contribution < -0.4 is 0 Å². The van der Waals surface area contributed by atoms with Gasteiger partial charge in [0, 0.05) is 6.21 Å². The molecule has 0 N–H and O–H groups in total. The van der Waals surface area contributed by atoms with Crippen LogP contribution in [0, 0.1) is 5.92 Å². The van der Waals surface area contributed by atoms with E-state index in [-0.39, 0.29) is 4.75 Å². The summed E-state index contributed by atoms with van der Waals surface area (Å²) in [5.74, 6) is 0.820. The first-order chi connectivity index (χ1) is 6.00. The molecule has 13 heavy (non-hydrogen) atoms. The molecule has 0 heterocycles. The minimum absolute atomic E-state index is 0.212. The molecule has 0 spiro atoms. The van der Waals surface area contributed by atoms with Crippen LogP contribution in [0.15, 0.2) is 4.40 Å². The van der Waals surface area contributed by atoms with Crippen molar-refractivity contribution in [3.8, 4) is 0 Å². The normalized spacial score (nSPS) is 21.8. The van der Waals surface area contributed by atoms with Crippen LogP contribution in [0.2, 0.25) is 0 Å². The highest BCUT2D eigenvalue weighted by Crippen LogP contribution is 2.28. The third-order valence-electron chi connectivity index (χ3n) is 2.36. The quantitative estimate of drug-likeness (QED) is 0.646. The maximum atomic E-state index is 11.5. The van der Waals surface area contributed by atoms with Gasteiger partial charge in [-0.1, -0.05) is 19.3 Å². The smallest absolute Gasteiger partial charge is 0.144 e. The van der Waals surface area contributed by atoms with Gasteiger partial charge in [0.25, 0.3) is 0 Å². The first-order valence-electron chi connectivity index (χ1n) is 4.94. The van der Waals surface area contributed by atoms with Crippen molar-refractivity contribution in [1.29, 1.82) is 0 Å². The average Bonchev–Trinajstić information content (AvgIpc) is 1.91. The number of hydrogen-bond donors (Lipinski definition) is 0. The summed E-state index contributed by atoms with van der Waals surface area (Å²) in [7, 11) is -1.06. The van der Waals surface area contributed by atoms with E-state index in [0.717, 1.165) is 12.3 Å². The van der Waals surface area contributed by atoms with Gasteiger partial charge in [0.05, 0.1) is 4.75 Å². The standard InChI is InChI=1S/C10H19NOS/c1-10(2,3)13(12)11-8-7-9-5-4-6-9/h8-9H,4-7H2,1-3H3/t13-/m0/s1. The maximum Gasteiger partial charge on any atom is 0.144 e. The van der Waals surface area contributed by atoms with Gasteiger partial charge in [-0.3, -0.25) is 0 Å². The van der Waals surface area contributed by atoms with Gasteiger partial charge in [-0.05, 0) is 33.1 Å². The third kappa shape index (κ3) is 3.59. The lowest BCUT2D eigenvalue weighted by Gasteiger charge is -2.23. The fourth-order valence-corrected chi connectivity index (χ4v) is 1.68. The van der Waals surface area contributed by atoms with Crippen molar-refractivity contribution >= 4 is 17.2 Å². The van der Waals surface area contributed by atoms with Crippen LogP contribution in [0.3, 0.4) is 0 Å². The molecule has 0 aromatic carbocycles. The third-order valence-corrected chi connectivity index (χ3v) is 3.75. The first kappa shape index (κ1) is 10.9. The van der Waals surface area contributed by atoms with Gasteiger partial charge in [-0.2, -0.15) is 4.40 Å². The maximum absolute atomic E-state index is 11.5. The predicted octanol–water partition coefficient (Wildman–Crippen LogP) is 2.71. The fraction of sp³-hybridized carbons (Fsp3) is 0.900. The van der Waals surface area contributed by atoms with E-state index >= 15 is 0 Å². The summed E-state index contributed by atoms with van der Waals surface area (Å²) < 4.78 is 15.3. The molecule has 0 aromatic rings. The molecule has 0 unspecified atom stereocenters. The summed E-state index contributed by atoms with van der Waals surface area (Å²) in [5.41, 5.74) is 0. The molecule has 76 valence electrons. The van der Waals surface area contributed by atoms with E-state index in [0.29, 0.717) is 0 Å². The molecule has 2 nitrogen and oxygen atoms in total. The minimum Gasteiger partial charge on any atom is -0.234 e. The van der Waals surface area contributed by atoms with Crippen molar-refractivity contribution < 1.29 is 4.21 Å². The summed E-state index contributed by atoms with van der Waals surface area (Å²) in [6, 6.07) is 0. The second-order valence-corrected chi connectivity index (χ2v) is 6.62. The van der Waals surface area contributed by atoms with Gasteiger partial charge in [-0.25, -0.2) is 4.21 Å². The Morgan fingerprint density at radius 3 is 2.46 bits per heavy atom. The Hall–Kier alpha value is -0.180. The summed E-state index contributed by atoms with van der Waals surface area (Å²) in [4.78, 5) is 0. The Balaban J connectivity index is 2.26. The van der Waals surface area contributed by atoms with E-state index < -0.39 is 11.0 Å².